The van der Waals surface area contributed by atoms with Crippen LogP contribution in [0.15, 0.2) is 173 Å². The predicted octanol–water partition coefficient (Wildman–Crippen LogP) is 12.0. The molecule has 0 unspecified atom stereocenters. The summed E-state index contributed by atoms with van der Waals surface area (Å²) in [5, 5.41) is 4.25. The van der Waals surface area contributed by atoms with Crippen LogP contribution in [0, 0.1) is 0 Å². The minimum atomic E-state index is 0.597. The zero-order chi connectivity index (χ0) is 33.0. The lowest BCUT2D eigenvalue weighted by Crippen LogP contribution is -1.97. The highest BCUT2D eigenvalue weighted by Crippen LogP contribution is 2.43. The Balaban J connectivity index is 1.20. The summed E-state index contributed by atoms with van der Waals surface area (Å²) in [7, 11) is 0. The first-order valence-electron chi connectivity index (χ1n) is 16.6. The first kappa shape index (κ1) is 28.2. The minimum Gasteiger partial charge on any atom is -0.456 e. The molecule has 50 heavy (non-hydrogen) atoms. The van der Waals surface area contributed by atoms with E-state index >= 15 is 0 Å². The van der Waals surface area contributed by atoms with E-state index in [1.807, 2.05) is 60.8 Å². The molecule has 0 saturated heterocycles. The second-order valence-electron chi connectivity index (χ2n) is 12.4. The van der Waals surface area contributed by atoms with Gasteiger partial charge in [0.25, 0.3) is 0 Å². The van der Waals surface area contributed by atoms with Crippen molar-refractivity contribution >= 4 is 43.9 Å². The third kappa shape index (κ3) is 4.67. The monoisotopic (exact) mass is 641 g/mol. The molecule has 0 aliphatic rings. The van der Waals surface area contributed by atoms with Crippen LogP contribution >= 0.6 is 0 Å². The molecule has 0 spiro atoms. The van der Waals surface area contributed by atoms with E-state index in [1.165, 1.54) is 0 Å². The molecule has 0 saturated carbocycles. The summed E-state index contributed by atoms with van der Waals surface area (Å²) in [4.78, 5) is 14.7. The second-order valence-corrected chi connectivity index (χ2v) is 12.4. The molecular formula is C45H27N3O2. The van der Waals surface area contributed by atoms with E-state index in [4.69, 9.17) is 18.8 Å². The number of para-hydroxylation sites is 2. The first-order chi connectivity index (χ1) is 24.8. The Hall–Kier alpha value is -6.85. The van der Waals surface area contributed by atoms with Crippen molar-refractivity contribution in [3.8, 4) is 56.2 Å². The van der Waals surface area contributed by atoms with Crippen molar-refractivity contribution in [1.82, 2.24) is 15.0 Å². The molecule has 0 aliphatic carbocycles. The smallest absolute Gasteiger partial charge is 0.164 e. The van der Waals surface area contributed by atoms with E-state index < -0.39 is 0 Å². The number of aromatic nitrogens is 3. The Morgan fingerprint density at radius 1 is 0.400 bits per heavy atom. The van der Waals surface area contributed by atoms with Crippen LogP contribution in [-0.2, 0) is 0 Å². The van der Waals surface area contributed by atoms with E-state index in [0.29, 0.717) is 5.82 Å². The average molecular weight is 642 g/mol. The molecule has 0 N–H and O–H groups in total. The van der Waals surface area contributed by atoms with Crippen LogP contribution in [0.3, 0.4) is 0 Å². The van der Waals surface area contributed by atoms with Gasteiger partial charge in [-0.1, -0.05) is 103 Å². The van der Waals surface area contributed by atoms with Gasteiger partial charge < -0.3 is 8.83 Å². The second kappa shape index (κ2) is 11.4. The third-order valence-corrected chi connectivity index (χ3v) is 9.40. The largest absolute Gasteiger partial charge is 0.456 e. The van der Waals surface area contributed by atoms with Crippen molar-refractivity contribution in [3.63, 3.8) is 0 Å². The van der Waals surface area contributed by atoms with Crippen LogP contribution in [0.4, 0.5) is 0 Å². The van der Waals surface area contributed by atoms with Gasteiger partial charge in [-0.05, 0) is 65.2 Å². The number of fused-ring (bicyclic) bond motifs is 6. The molecule has 0 amide bonds. The molecule has 0 radical (unpaired) electrons. The predicted molar refractivity (Wildman–Crippen MR) is 202 cm³/mol. The van der Waals surface area contributed by atoms with E-state index in [1.54, 1.807) is 6.20 Å². The maximum Gasteiger partial charge on any atom is 0.164 e. The first-order valence-corrected chi connectivity index (χ1v) is 16.6. The van der Waals surface area contributed by atoms with E-state index in [9.17, 15) is 0 Å². The van der Waals surface area contributed by atoms with Gasteiger partial charge in [0.15, 0.2) is 5.82 Å². The summed E-state index contributed by atoms with van der Waals surface area (Å²) in [6.07, 6.45) is 3.67. The summed E-state index contributed by atoms with van der Waals surface area (Å²) < 4.78 is 12.9. The number of hydrogen-bond acceptors (Lipinski definition) is 5. The molecule has 4 heterocycles. The molecule has 10 rings (SSSR count). The minimum absolute atomic E-state index is 0.597. The molecule has 0 atom stereocenters. The summed E-state index contributed by atoms with van der Waals surface area (Å²) >= 11 is 0. The third-order valence-electron chi connectivity index (χ3n) is 9.40. The quantitative estimate of drug-likeness (QED) is 0.187. The van der Waals surface area contributed by atoms with Gasteiger partial charge in [-0.3, -0.25) is 4.98 Å². The van der Waals surface area contributed by atoms with E-state index in [2.05, 4.69) is 102 Å². The molecule has 6 aromatic carbocycles. The summed E-state index contributed by atoms with van der Waals surface area (Å²) in [6.45, 7) is 0. The standard InChI is InChI=1S/C45H27N3O2/c1-2-10-28(11-3-1)38-26-39(31-13-8-12-29(24-31)32-14-9-23-46-27-32)48-45(47-38)36-21-20-33(43-35-16-5-7-18-41(35)50-44(36)43)30-19-22-42-37(25-30)34-15-4-6-17-40(34)49-42/h1-27H. The number of furan rings is 2. The lowest BCUT2D eigenvalue weighted by molar-refractivity contribution is 0.669. The van der Waals surface area contributed by atoms with Gasteiger partial charge in [-0.25, -0.2) is 9.97 Å². The molecule has 4 aromatic heterocycles. The molecule has 0 fully saturated rings. The van der Waals surface area contributed by atoms with Crippen molar-refractivity contribution < 1.29 is 8.83 Å². The van der Waals surface area contributed by atoms with Crippen LogP contribution in [0.25, 0.3) is 100 Å². The SMILES string of the molecule is c1ccc(-c2cc(-c3cccc(-c4cccnc4)c3)nc(-c3ccc(-c4ccc5oc6ccccc6c5c4)c4c3oc3ccccc34)n2)cc1. The lowest BCUT2D eigenvalue weighted by Gasteiger charge is -2.12. The van der Waals surface area contributed by atoms with Crippen molar-refractivity contribution in [1.29, 1.82) is 0 Å². The highest BCUT2D eigenvalue weighted by atomic mass is 16.3. The van der Waals surface area contributed by atoms with Crippen LogP contribution in [0.2, 0.25) is 0 Å². The zero-order valence-electron chi connectivity index (χ0n) is 26.7. The molecule has 234 valence electrons. The van der Waals surface area contributed by atoms with Gasteiger partial charge in [0, 0.05) is 50.6 Å². The van der Waals surface area contributed by atoms with Gasteiger partial charge in [0.1, 0.15) is 22.3 Å². The van der Waals surface area contributed by atoms with Crippen LogP contribution in [0.5, 0.6) is 0 Å². The number of nitrogens with zero attached hydrogens (tertiary/aromatic N) is 3. The molecule has 5 nitrogen and oxygen atoms in total. The Bertz CT molecular complexity index is 2870. The zero-order valence-corrected chi connectivity index (χ0v) is 26.7. The fraction of sp³-hybridized carbons (Fsp3) is 0. The van der Waals surface area contributed by atoms with Crippen molar-refractivity contribution in [2.45, 2.75) is 0 Å². The summed E-state index contributed by atoms with van der Waals surface area (Å²) in [5.41, 5.74) is 12.1. The highest BCUT2D eigenvalue weighted by molar-refractivity contribution is 6.17. The van der Waals surface area contributed by atoms with Crippen LogP contribution in [0.1, 0.15) is 0 Å². The fourth-order valence-corrected chi connectivity index (χ4v) is 7.00. The maximum atomic E-state index is 6.71. The summed E-state index contributed by atoms with van der Waals surface area (Å²) in [5.74, 6) is 0.597. The molecule has 0 bridgehead atoms. The number of benzene rings is 6. The topological polar surface area (TPSA) is 65.0 Å². The van der Waals surface area contributed by atoms with Crippen LogP contribution in [-0.4, -0.2) is 15.0 Å². The van der Waals surface area contributed by atoms with Crippen molar-refractivity contribution in [2.75, 3.05) is 0 Å². The van der Waals surface area contributed by atoms with Crippen molar-refractivity contribution in [2.24, 2.45) is 0 Å². The van der Waals surface area contributed by atoms with Crippen molar-refractivity contribution in [3.05, 3.63) is 164 Å². The highest BCUT2D eigenvalue weighted by Gasteiger charge is 2.21. The Kier molecular flexibility index (Phi) is 6.42. The number of hydrogen-bond donors (Lipinski definition) is 0. The van der Waals surface area contributed by atoms with E-state index in [-0.39, 0.29) is 0 Å². The van der Waals surface area contributed by atoms with E-state index in [0.717, 1.165) is 94.2 Å². The summed E-state index contributed by atoms with van der Waals surface area (Å²) in [6, 6.07) is 51.8. The fourth-order valence-electron chi connectivity index (χ4n) is 7.00. The molecule has 5 heteroatoms. The van der Waals surface area contributed by atoms with Crippen LogP contribution < -0.4 is 0 Å². The lowest BCUT2D eigenvalue weighted by atomic mass is 9.95. The van der Waals surface area contributed by atoms with Gasteiger partial charge in [0.2, 0.25) is 0 Å². The number of pyridine rings is 1. The van der Waals surface area contributed by atoms with Gasteiger partial charge in [-0.15, -0.1) is 0 Å². The maximum absolute atomic E-state index is 6.71. The molecule has 0 aliphatic heterocycles. The van der Waals surface area contributed by atoms with Gasteiger partial charge >= 0.3 is 0 Å². The normalized spacial score (nSPS) is 11.6. The average Bonchev–Trinajstić information content (AvgIpc) is 3.77. The molecular weight excluding hydrogens is 615 g/mol. The van der Waals surface area contributed by atoms with Gasteiger partial charge in [-0.2, -0.15) is 0 Å². The number of rotatable bonds is 5. The Morgan fingerprint density at radius 3 is 1.92 bits per heavy atom. The Morgan fingerprint density at radius 2 is 1.08 bits per heavy atom. The van der Waals surface area contributed by atoms with Gasteiger partial charge in [0.05, 0.1) is 17.0 Å². The molecule has 10 aromatic rings. The Labute approximate surface area is 287 Å².